The summed E-state index contributed by atoms with van der Waals surface area (Å²) >= 11 is 0. The third-order valence-electron chi connectivity index (χ3n) is 1.54. The normalized spacial score (nSPS) is 47.9. The van der Waals surface area contributed by atoms with Crippen LogP contribution in [0.4, 0.5) is 0 Å². The Labute approximate surface area is 52.9 Å². The molecule has 2 aliphatic rings. The van der Waals surface area contributed by atoms with Crippen LogP contribution in [-0.4, -0.2) is 30.2 Å². The van der Waals surface area contributed by atoms with Crippen LogP contribution in [0.3, 0.4) is 0 Å². The molecule has 2 bridgehead atoms. The second-order valence-electron chi connectivity index (χ2n) is 2.25. The molecule has 1 N–H and O–H groups in total. The van der Waals surface area contributed by atoms with Gasteiger partial charge in [-0.15, -0.1) is 0 Å². The van der Waals surface area contributed by atoms with Crippen molar-refractivity contribution in [2.75, 3.05) is 6.61 Å². The third-order valence-corrected chi connectivity index (χ3v) is 1.54. The second kappa shape index (κ2) is 1.80. The van der Waals surface area contributed by atoms with Crippen molar-refractivity contribution >= 4 is 0 Å². The van der Waals surface area contributed by atoms with Gasteiger partial charge in [-0.05, 0) is 0 Å². The fraction of sp³-hybridized carbons (Fsp3) is 0.667. The summed E-state index contributed by atoms with van der Waals surface area (Å²) in [5.41, 5.74) is 0. The van der Waals surface area contributed by atoms with Gasteiger partial charge in [-0.3, -0.25) is 0 Å². The van der Waals surface area contributed by atoms with Crippen LogP contribution in [-0.2, 0) is 9.47 Å². The average molecular weight is 128 g/mol. The number of hydrogen-bond acceptors (Lipinski definition) is 3. The fourth-order valence-corrected chi connectivity index (χ4v) is 1.05. The summed E-state index contributed by atoms with van der Waals surface area (Å²) in [6.45, 7) is 0.582. The molecule has 50 valence electrons. The Bertz CT molecular complexity index is 143. The monoisotopic (exact) mass is 128 g/mol. The van der Waals surface area contributed by atoms with Crippen LogP contribution in [0, 0.1) is 0 Å². The van der Waals surface area contributed by atoms with Gasteiger partial charge in [0.25, 0.3) is 0 Å². The zero-order chi connectivity index (χ0) is 6.27. The molecule has 0 radical (unpaired) electrons. The van der Waals surface area contributed by atoms with Crippen molar-refractivity contribution in [1.82, 2.24) is 0 Å². The molecule has 0 aromatic rings. The van der Waals surface area contributed by atoms with Crippen molar-refractivity contribution in [2.45, 2.75) is 18.5 Å². The Hall–Kier alpha value is -0.380. The van der Waals surface area contributed by atoms with Crippen molar-refractivity contribution in [1.29, 1.82) is 0 Å². The van der Waals surface area contributed by atoms with Gasteiger partial charge in [0.2, 0.25) is 0 Å². The van der Waals surface area contributed by atoms with E-state index >= 15 is 0 Å². The number of aliphatic hydroxyl groups excluding tert-OH is 1. The molecule has 3 heteroatoms. The first kappa shape index (κ1) is 5.41. The van der Waals surface area contributed by atoms with Gasteiger partial charge in [0.15, 0.2) is 6.29 Å². The number of hydrogen-bond donors (Lipinski definition) is 1. The summed E-state index contributed by atoms with van der Waals surface area (Å²) in [5.74, 6) is 0. The number of fused-ring (bicyclic) bond motifs is 2. The lowest BCUT2D eigenvalue weighted by Crippen LogP contribution is -2.28. The van der Waals surface area contributed by atoms with Gasteiger partial charge in [0.05, 0.1) is 6.61 Å². The fourth-order valence-electron chi connectivity index (χ4n) is 1.05. The van der Waals surface area contributed by atoms with Crippen molar-refractivity contribution in [3.05, 3.63) is 12.2 Å². The van der Waals surface area contributed by atoms with E-state index in [4.69, 9.17) is 14.6 Å². The van der Waals surface area contributed by atoms with Crippen LogP contribution in [0.5, 0.6) is 0 Å². The quantitative estimate of drug-likeness (QED) is 0.453. The molecule has 0 aromatic heterocycles. The molecule has 9 heavy (non-hydrogen) atoms. The largest absolute Gasteiger partial charge is 0.384 e. The highest BCUT2D eigenvalue weighted by atomic mass is 16.7. The lowest BCUT2D eigenvalue weighted by molar-refractivity contribution is -0.115. The summed E-state index contributed by atoms with van der Waals surface area (Å²) in [7, 11) is 0. The molecule has 3 atom stereocenters. The molecule has 0 aromatic carbocycles. The minimum absolute atomic E-state index is 0.0819. The van der Waals surface area contributed by atoms with E-state index in [1.165, 1.54) is 0 Å². The van der Waals surface area contributed by atoms with Gasteiger partial charge in [-0.1, -0.05) is 12.2 Å². The molecule has 0 amide bonds. The lowest BCUT2D eigenvalue weighted by atomic mass is 10.2. The zero-order valence-electron chi connectivity index (χ0n) is 4.86. The van der Waals surface area contributed by atoms with Gasteiger partial charge >= 0.3 is 0 Å². The van der Waals surface area contributed by atoms with Crippen molar-refractivity contribution in [2.24, 2.45) is 0 Å². The van der Waals surface area contributed by atoms with Crippen LogP contribution >= 0.6 is 0 Å². The predicted octanol–water partition coefficient (Wildman–Crippen LogP) is -0.341. The molecule has 2 heterocycles. The van der Waals surface area contributed by atoms with Crippen LogP contribution in [0.1, 0.15) is 0 Å². The number of ether oxygens (including phenoxy) is 2. The molecule has 0 saturated carbocycles. The van der Waals surface area contributed by atoms with E-state index in [2.05, 4.69) is 0 Å². The molecule has 2 rings (SSSR count). The minimum Gasteiger partial charge on any atom is -0.384 e. The Balaban J connectivity index is 2.19. The molecule has 0 spiro atoms. The Morgan fingerprint density at radius 3 is 3.11 bits per heavy atom. The molecule has 3 nitrogen and oxygen atoms in total. The third kappa shape index (κ3) is 0.775. The molecular weight excluding hydrogens is 120 g/mol. The van der Waals surface area contributed by atoms with Gasteiger partial charge < -0.3 is 14.6 Å². The smallest absolute Gasteiger partial charge is 0.188 e. The van der Waals surface area contributed by atoms with E-state index < -0.39 is 12.4 Å². The topological polar surface area (TPSA) is 38.7 Å². The highest BCUT2D eigenvalue weighted by Gasteiger charge is 2.32. The van der Waals surface area contributed by atoms with Gasteiger partial charge in [-0.25, -0.2) is 0 Å². The maximum Gasteiger partial charge on any atom is 0.188 e. The molecular formula is C6H8O3. The maximum atomic E-state index is 9.06. The van der Waals surface area contributed by atoms with Gasteiger partial charge in [-0.2, -0.15) is 0 Å². The van der Waals surface area contributed by atoms with Gasteiger partial charge in [0.1, 0.15) is 12.2 Å². The second-order valence-corrected chi connectivity index (χ2v) is 2.25. The SMILES string of the molecule is OC1C=CC2CO[C@@H]1O2. The van der Waals surface area contributed by atoms with Crippen LogP contribution in [0.15, 0.2) is 12.2 Å². The molecule has 2 unspecified atom stereocenters. The zero-order valence-corrected chi connectivity index (χ0v) is 4.86. The van der Waals surface area contributed by atoms with E-state index in [0.717, 1.165) is 0 Å². The first-order chi connectivity index (χ1) is 4.36. The Kier molecular flexibility index (Phi) is 1.08. The molecule has 1 fully saturated rings. The highest BCUT2D eigenvalue weighted by Crippen LogP contribution is 2.20. The van der Waals surface area contributed by atoms with E-state index in [9.17, 15) is 0 Å². The minimum atomic E-state index is -0.566. The lowest BCUT2D eigenvalue weighted by Gasteiger charge is -2.17. The molecule has 2 aliphatic heterocycles. The summed E-state index contributed by atoms with van der Waals surface area (Å²) in [6.07, 6.45) is 2.65. The predicted molar refractivity (Wildman–Crippen MR) is 29.8 cm³/mol. The van der Waals surface area contributed by atoms with Crippen LogP contribution in [0.25, 0.3) is 0 Å². The summed E-state index contributed by atoms with van der Waals surface area (Å²) in [4.78, 5) is 0. The first-order valence-corrected chi connectivity index (χ1v) is 3.00. The van der Waals surface area contributed by atoms with E-state index in [1.807, 2.05) is 6.08 Å². The van der Waals surface area contributed by atoms with E-state index in [-0.39, 0.29) is 6.10 Å². The van der Waals surface area contributed by atoms with Crippen molar-refractivity contribution in [3.8, 4) is 0 Å². The van der Waals surface area contributed by atoms with E-state index in [1.54, 1.807) is 6.08 Å². The Morgan fingerprint density at radius 2 is 2.33 bits per heavy atom. The summed E-state index contributed by atoms with van der Waals surface area (Å²) < 4.78 is 10.2. The number of aliphatic hydroxyl groups is 1. The number of rotatable bonds is 0. The molecule has 0 aliphatic carbocycles. The van der Waals surface area contributed by atoms with Crippen molar-refractivity contribution < 1.29 is 14.6 Å². The average Bonchev–Trinajstić information content (AvgIpc) is 2.25. The van der Waals surface area contributed by atoms with Crippen molar-refractivity contribution in [3.63, 3.8) is 0 Å². The summed E-state index contributed by atoms with van der Waals surface area (Å²) in [6, 6.07) is 0. The van der Waals surface area contributed by atoms with Crippen LogP contribution in [0.2, 0.25) is 0 Å². The first-order valence-electron chi connectivity index (χ1n) is 3.00. The molecule has 1 saturated heterocycles. The van der Waals surface area contributed by atoms with Gasteiger partial charge in [0, 0.05) is 0 Å². The van der Waals surface area contributed by atoms with Crippen LogP contribution < -0.4 is 0 Å². The van der Waals surface area contributed by atoms with E-state index in [0.29, 0.717) is 6.61 Å². The summed E-state index contributed by atoms with van der Waals surface area (Å²) in [5, 5.41) is 9.06. The standard InChI is InChI=1S/C6H8O3/c7-5-2-1-4-3-8-6(5)9-4/h1-2,4-7H,3H2/t4?,5?,6-/m1/s1. The highest BCUT2D eigenvalue weighted by molar-refractivity contribution is 5.02. The Morgan fingerprint density at radius 1 is 1.44 bits per heavy atom. The maximum absolute atomic E-state index is 9.06.